The number of nitrogens with two attached hydrogens (primary N) is 1. The zero-order valence-electron chi connectivity index (χ0n) is 9.46. The number of carbonyl (C=O) groups is 1. The van der Waals surface area contributed by atoms with E-state index in [-0.39, 0.29) is 5.91 Å². The summed E-state index contributed by atoms with van der Waals surface area (Å²) in [6.45, 7) is 3.73. The van der Waals surface area contributed by atoms with Crippen molar-refractivity contribution in [3.8, 4) is 0 Å². The highest BCUT2D eigenvalue weighted by atomic mass is 79.9. The zero-order chi connectivity index (χ0) is 12.2. The summed E-state index contributed by atoms with van der Waals surface area (Å²) < 4.78 is 0.731. The second kappa shape index (κ2) is 5.41. The fourth-order valence-electron chi connectivity index (χ4n) is 1.36. The molecule has 3 N–H and O–H groups in total. The third-order valence-electron chi connectivity index (χ3n) is 2.27. The van der Waals surface area contributed by atoms with Crippen molar-refractivity contribution in [1.29, 1.82) is 0 Å². The number of nitrogens with one attached hydrogen (secondary N) is 1. The maximum absolute atomic E-state index is 11.8. The van der Waals surface area contributed by atoms with E-state index < -0.39 is 5.54 Å². The smallest absolute Gasteiger partial charge is 0.244 e. The first-order valence-electron chi connectivity index (χ1n) is 5.17. The van der Waals surface area contributed by atoms with Crippen molar-refractivity contribution < 1.29 is 4.79 Å². The lowest BCUT2D eigenvalue weighted by atomic mass is 9.96. The lowest BCUT2D eigenvalue weighted by Gasteiger charge is -2.22. The second-order valence-electron chi connectivity index (χ2n) is 3.99. The van der Waals surface area contributed by atoms with Gasteiger partial charge in [0.2, 0.25) is 5.91 Å². The lowest BCUT2D eigenvalue weighted by Crippen LogP contribution is -2.48. The molecule has 0 bridgehead atoms. The van der Waals surface area contributed by atoms with Gasteiger partial charge in [0, 0.05) is 0 Å². The zero-order valence-corrected chi connectivity index (χ0v) is 11.0. The molecule has 0 radical (unpaired) electrons. The summed E-state index contributed by atoms with van der Waals surface area (Å²) in [6, 6.07) is 3.54. The summed E-state index contributed by atoms with van der Waals surface area (Å²) in [5, 5.41) is 2.75. The van der Waals surface area contributed by atoms with E-state index in [0.717, 1.165) is 11.0 Å². The van der Waals surface area contributed by atoms with Gasteiger partial charge in [-0.3, -0.25) is 4.79 Å². The van der Waals surface area contributed by atoms with Crippen molar-refractivity contribution in [3.05, 3.63) is 22.9 Å². The largest absolute Gasteiger partial charge is 0.323 e. The van der Waals surface area contributed by atoms with Crippen LogP contribution in [-0.4, -0.2) is 16.4 Å². The number of hydrogen-bond donors (Lipinski definition) is 2. The molecular formula is C11H16BrN3O. The molecule has 1 atom stereocenters. The van der Waals surface area contributed by atoms with Crippen LogP contribution in [0.2, 0.25) is 0 Å². The maximum atomic E-state index is 11.8. The Morgan fingerprint density at radius 2 is 2.31 bits per heavy atom. The molecule has 0 spiro atoms. The highest BCUT2D eigenvalue weighted by molar-refractivity contribution is 9.10. The van der Waals surface area contributed by atoms with Crippen LogP contribution in [0.5, 0.6) is 0 Å². The fourth-order valence-corrected chi connectivity index (χ4v) is 1.59. The van der Waals surface area contributed by atoms with Gasteiger partial charge < -0.3 is 11.1 Å². The number of pyridine rings is 1. The molecule has 1 aromatic rings. The van der Waals surface area contributed by atoms with Gasteiger partial charge in [0.15, 0.2) is 0 Å². The van der Waals surface area contributed by atoms with Crippen LogP contribution in [0.15, 0.2) is 22.9 Å². The number of nitrogens with zero attached hydrogens (tertiary/aromatic N) is 1. The maximum Gasteiger partial charge on any atom is 0.244 e. The molecule has 1 aromatic heterocycles. The minimum atomic E-state index is -0.832. The van der Waals surface area contributed by atoms with E-state index in [1.54, 1.807) is 25.3 Å². The molecule has 0 aliphatic carbocycles. The Hall–Kier alpha value is -0.940. The van der Waals surface area contributed by atoms with Crippen LogP contribution in [-0.2, 0) is 4.79 Å². The second-order valence-corrected chi connectivity index (χ2v) is 4.80. The van der Waals surface area contributed by atoms with Crippen LogP contribution in [0.25, 0.3) is 0 Å². The Bertz CT molecular complexity index is 362. The Morgan fingerprint density at radius 1 is 1.62 bits per heavy atom. The van der Waals surface area contributed by atoms with Gasteiger partial charge in [-0.15, -0.1) is 0 Å². The normalized spacial score (nSPS) is 14.2. The number of hydrogen-bond acceptors (Lipinski definition) is 3. The summed E-state index contributed by atoms with van der Waals surface area (Å²) >= 11 is 3.23. The Kier molecular flexibility index (Phi) is 4.44. The van der Waals surface area contributed by atoms with E-state index >= 15 is 0 Å². The average molecular weight is 286 g/mol. The van der Waals surface area contributed by atoms with E-state index in [9.17, 15) is 4.79 Å². The van der Waals surface area contributed by atoms with Crippen LogP contribution in [0.3, 0.4) is 0 Å². The molecule has 0 aliphatic heterocycles. The molecule has 0 saturated heterocycles. The minimum absolute atomic E-state index is 0.182. The molecule has 5 heteroatoms. The molecule has 1 heterocycles. The summed E-state index contributed by atoms with van der Waals surface area (Å²) in [7, 11) is 0. The molecule has 88 valence electrons. The molecule has 0 fully saturated rings. The van der Waals surface area contributed by atoms with Crippen LogP contribution >= 0.6 is 15.9 Å². The molecule has 0 aromatic carbocycles. The monoisotopic (exact) mass is 285 g/mol. The van der Waals surface area contributed by atoms with Gasteiger partial charge in [-0.1, -0.05) is 13.3 Å². The molecule has 4 nitrogen and oxygen atoms in total. The van der Waals surface area contributed by atoms with Gasteiger partial charge >= 0.3 is 0 Å². The summed E-state index contributed by atoms with van der Waals surface area (Å²) in [5.41, 5.74) is 5.73. The number of rotatable bonds is 4. The number of anilines is 1. The van der Waals surface area contributed by atoms with Crippen LogP contribution in [0.1, 0.15) is 26.7 Å². The summed E-state index contributed by atoms with van der Waals surface area (Å²) in [4.78, 5) is 15.9. The fraction of sp³-hybridized carbons (Fsp3) is 0.455. The quantitative estimate of drug-likeness (QED) is 0.834. The topological polar surface area (TPSA) is 68.0 Å². The van der Waals surface area contributed by atoms with Crippen LogP contribution < -0.4 is 11.1 Å². The molecule has 0 saturated carbocycles. The summed E-state index contributed by atoms with van der Waals surface area (Å²) in [6.07, 6.45) is 3.12. The van der Waals surface area contributed by atoms with Crippen molar-refractivity contribution in [2.75, 3.05) is 5.32 Å². The highest BCUT2D eigenvalue weighted by Gasteiger charge is 2.27. The predicted octanol–water partition coefficient (Wildman–Crippen LogP) is 2.30. The van der Waals surface area contributed by atoms with Gasteiger partial charge in [0.05, 0.1) is 17.4 Å². The first-order chi connectivity index (χ1) is 7.45. The van der Waals surface area contributed by atoms with Gasteiger partial charge in [0.25, 0.3) is 0 Å². The molecule has 0 aliphatic rings. The summed E-state index contributed by atoms with van der Waals surface area (Å²) in [5.74, 6) is -0.182. The number of amides is 1. The van der Waals surface area contributed by atoms with Gasteiger partial charge in [-0.25, -0.2) is 4.98 Å². The Labute approximate surface area is 104 Å². The highest BCUT2D eigenvalue weighted by Crippen LogP contribution is 2.14. The van der Waals surface area contributed by atoms with E-state index in [1.807, 2.05) is 6.92 Å². The van der Waals surface area contributed by atoms with E-state index in [2.05, 4.69) is 26.2 Å². The van der Waals surface area contributed by atoms with Gasteiger partial charge in [-0.05, 0) is 41.4 Å². The molecule has 16 heavy (non-hydrogen) atoms. The van der Waals surface area contributed by atoms with E-state index in [4.69, 9.17) is 5.73 Å². The van der Waals surface area contributed by atoms with Crippen molar-refractivity contribution in [2.24, 2.45) is 5.73 Å². The first kappa shape index (κ1) is 13.1. The molecule has 1 amide bonds. The lowest BCUT2D eigenvalue weighted by molar-refractivity contribution is -0.120. The number of aromatic nitrogens is 1. The number of carbonyl (C=O) groups excluding carboxylic acids is 1. The van der Waals surface area contributed by atoms with E-state index in [1.165, 1.54) is 0 Å². The van der Waals surface area contributed by atoms with Crippen molar-refractivity contribution in [1.82, 2.24) is 4.98 Å². The third kappa shape index (κ3) is 3.57. The molecule has 1 rings (SSSR count). The number of halogens is 1. The van der Waals surface area contributed by atoms with Crippen LogP contribution in [0.4, 0.5) is 5.69 Å². The van der Waals surface area contributed by atoms with Crippen LogP contribution in [0, 0.1) is 0 Å². The molecule has 1 unspecified atom stereocenters. The van der Waals surface area contributed by atoms with E-state index in [0.29, 0.717) is 12.1 Å². The third-order valence-corrected chi connectivity index (χ3v) is 2.74. The SMILES string of the molecule is CCCC(C)(N)C(=O)Nc1ccc(Br)nc1. The Balaban J connectivity index is 2.67. The van der Waals surface area contributed by atoms with Crippen molar-refractivity contribution in [2.45, 2.75) is 32.2 Å². The average Bonchev–Trinajstić information content (AvgIpc) is 2.21. The van der Waals surface area contributed by atoms with Crippen molar-refractivity contribution in [3.63, 3.8) is 0 Å². The van der Waals surface area contributed by atoms with Gasteiger partial charge in [0.1, 0.15) is 4.60 Å². The molecular weight excluding hydrogens is 270 g/mol. The minimum Gasteiger partial charge on any atom is -0.323 e. The van der Waals surface area contributed by atoms with Crippen molar-refractivity contribution >= 4 is 27.5 Å². The predicted molar refractivity (Wildman–Crippen MR) is 68.1 cm³/mol. The first-order valence-corrected chi connectivity index (χ1v) is 5.97. The Morgan fingerprint density at radius 3 is 2.81 bits per heavy atom. The standard InChI is InChI=1S/C11H16BrN3O/c1-3-6-11(2,13)10(16)15-8-4-5-9(12)14-7-8/h4-5,7H,3,6,13H2,1-2H3,(H,15,16). The van der Waals surface area contributed by atoms with Gasteiger partial charge in [-0.2, -0.15) is 0 Å².